The summed E-state index contributed by atoms with van der Waals surface area (Å²) in [5.74, 6) is -0.0686. The molecule has 0 saturated heterocycles. The SMILES string of the molecule is CCC(C)(C)NC(=O)Oc1c[nH]c2ncc(-c3nn(C)c4cc(F)ccc34)nc12. The monoisotopic (exact) mass is 396 g/mol. The molecule has 150 valence electrons. The highest BCUT2D eigenvalue weighted by Crippen LogP contribution is 2.30. The zero-order chi connectivity index (χ0) is 20.8. The van der Waals surface area contributed by atoms with E-state index < -0.39 is 6.09 Å². The number of H-pyrrole nitrogens is 1. The number of ether oxygens (including phenoxy) is 1. The van der Waals surface area contributed by atoms with Gasteiger partial charge in [-0.3, -0.25) is 4.68 Å². The minimum Gasteiger partial charge on any atom is -0.406 e. The lowest BCUT2D eigenvalue weighted by Gasteiger charge is -2.23. The molecule has 2 N–H and O–H groups in total. The van der Waals surface area contributed by atoms with Crippen LogP contribution in [-0.2, 0) is 7.05 Å². The lowest BCUT2D eigenvalue weighted by atomic mass is 10.0. The number of nitrogens with zero attached hydrogens (tertiary/aromatic N) is 4. The molecule has 0 atom stereocenters. The average Bonchev–Trinajstić information content (AvgIpc) is 3.22. The standard InChI is InChI=1S/C20H21FN6O2/c1-5-20(2,3)25-19(28)29-15-10-23-18-17(15)24-13(9-22-18)16-12-7-6-11(21)8-14(12)27(4)26-16/h6-10H,5H2,1-4H3,(H,22,23)(H,25,28). The second-order valence-corrected chi connectivity index (χ2v) is 7.49. The molecule has 0 saturated carbocycles. The molecule has 0 aliphatic heterocycles. The molecule has 0 bridgehead atoms. The van der Waals surface area contributed by atoms with Gasteiger partial charge in [-0.05, 0) is 38.5 Å². The van der Waals surface area contributed by atoms with Crippen molar-refractivity contribution >= 4 is 28.2 Å². The topological polar surface area (TPSA) is 97.7 Å². The molecule has 8 nitrogen and oxygen atoms in total. The van der Waals surface area contributed by atoms with Crippen LogP contribution in [0.15, 0.2) is 30.6 Å². The number of aromatic amines is 1. The number of aryl methyl sites for hydroxylation is 1. The summed E-state index contributed by atoms with van der Waals surface area (Å²) in [5, 5.41) is 8.03. The Bertz CT molecular complexity index is 1230. The van der Waals surface area contributed by atoms with Gasteiger partial charge in [0.1, 0.15) is 17.2 Å². The van der Waals surface area contributed by atoms with Crippen LogP contribution in [0.4, 0.5) is 9.18 Å². The van der Waals surface area contributed by atoms with Crippen LogP contribution >= 0.6 is 0 Å². The first kappa shape index (κ1) is 18.9. The molecule has 0 unspecified atom stereocenters. The van der Waals surface area contributed by atoms with Gasteiger partial charge in [-0.1, -0.05) is 6.92 Å². The highest BCUT2D eigenvalue weighted by molar-refractivity contribution is 5.93. The Morgan fingerprint density at radius 2 is 2.17 bits per heavy atom. The molecule has 0 spiro atoms. The van der Waals surface area contributed by atoms with Crippen LogP contribution in [0, 0.1) is 5.82 Å². The van der Waals surface area contributed by atoms with Crippen molar-refractivity contribution in [3.05, 3.63) is 36.4 Å². The molecule has 29 heavy (non-hydrogen) atoms. The molecule has 3 aromatic heterocycles. The zero-order valence-electron chi connectivity index (χ0n) is 16.6. The van der Waals surface area contributed by atoms with Crippen LogP contribution in [0.5, 0.6) is 5.75 Å². The van der Waals surface area contributed by atoms with Crippen LogP contribution in [0.2, 0.25) is 0 Å². The summed E-state index contributed by atoms with van der Waals surface area (Å²) < 4.78 is 20.6. The summed E-state index contributed by atoms with van der Waals surface area (Å²) in [4.78, 5) is 24.1. The molecule has 0 aliphatic carbocycles. The van der Waals surface area contributed by atoms with Crippen LogP contribution in [0.1, 0.15) is 27.2 Å². The van der Waals surface area contributed by atoms with Crippen LogP contribution in [0.3, 0.4) is 0 Å². The fourth-order valence-electron chi connectivity index (χ4n) is 2.97. The van der Waals surface area contributed by atoms with Crippen molar-refractivity contribution in [2.75, 3.05) is 0 Å². The highest BCUT2D eigenvalue weighted by Gasteiger charge is 2.21. The van der Waals surface area contributed by atoms with Gasteiger partial charge in [-0.15, -0.1) is 0 Å². The molecule has 0 aliphatic rings. The minimum atomic E-state index is -0.566. The van der Waals surface area contributed by atoms with Crippen LogP contribution in [-0.4, -0.2) is 36.4 Å². The summed E-state index contributed by atoms with van der Waals surface area (Å²) in [6.45, 7) is 5.81. The largest absolute Gasteiger partial charge is 0.413 e. The smallest absolute Gasteiger partial charge is 0.406 e. The molecular formula is C20H21FN6O2. The highest BCUT2D eigenvalue weighted by atomic mass is 19.1. The van der Waals surface area contributed by atoms with Crippen LogP contribution < -0.4 is 10.1 Å². The van der Waals surface area contributed by atoms with E-state index in [-0.39, 0.29) is 17.1 Å². The summed E-state index contributed by atoms with van der Waals surface area (Å²) in [6, 6.07) is 4.46. The summed E-state index contributed by atoms with van der Waals surface area (Å²) in [7, 11) is 1.74. The fraction of sp³-hybridized carbons (Fsp3) is 0.300. The maximum Gasteiger partial charge on any atom is 0.413 e. The van der Waals surface area contributed by atoms with Gasteiger partial charge in [-0.2, -0.15) is 5.10 Å². The molecule has 0 radical (unpaired) electrons. The number of benzene rings is 1. The van der Waals surface area contributed by atoms with Gasteiger partial charge in [0.2, 0.25) is 0 Å². The number of rotatable bonds is 4. The number of aromatic nitrogens is 5. The quantitative estimate of drug-likeness (QED) is 0.545. The van der Waals surface area contributed by atoms with E-state index in [1.54, 1.807) is 30.2 Å². The first-order valence-corrected chi connectivity index (χ1v) is 9.24. The van der Waals surface area contributed by atoms with E-state index in [1.807, 2.05) is 20.8 Å². The normalized spacial score (nSPS) is 11.9. The zero-order valence-corrected chi connectivity index (χ0v) is 16.6. The van der Waals surface area contributed by atoms with Crippen molar-refractivity contribution in [2.45, 2.75) is 32.7 Å². The van der Waals surface area contributed by atoms with E-state index in [1.165, 1.54) is 12.1 Å². The second kappa shape index (κ2) is 6.84. The average molecular weight is 396 g/mol. The minimum absolute atomic E-state index is 0.269. The number of hydrogen-bond donors (Lipinski definition) is 2. The van der Waals surface area contributed by atoms with E-state index in [2.05, 4.69) is 25.4 Å². The van der Waals surface area contributed by atoms with E-state index in [0.29, 0.717) is 28.1 Å². The third-order valence-corrected chi connectivity index (χ3v) is 4.93. The Kier molecular flexibility index (Phi) is 4.45. The van der Waals surface area contributed by atoms with Gasteiger partial charge in [-0.25, -0.2) is 19.2 Å². The maximum absolute atomic E-state index is 13.6. The molecule has 1 aromatic carbocycles. The van der Waals surface area contributed by atoms with Crippen LogP contribution in [0.25, 0.3) is 33.5 Å². The Labute approximate surface area is 166 Å². The first-order valence-electron chi connectivity index (χ1n) is 9.24. The fourth-order valence-corrected chi connectivity index (χ4v) is 2.97. The molecule has 4 aromatic rings. The predicted octanol–water partition coefficient (Wildman–Crippen LogP) is 3.93. The number of fused-ring (bicyclic) bond motifs is 2. The maximum atomic E-state index is 13.6. The summed E-state index contributed by atoms with van der Waals surface area (Å²) >= 11 is 0. The van der Waals surface area contributed by atoms with Gasteiger partial charge in [0.15, 0.2) is 16.9 Å². The molecule has 0 fully saturated rings. The second-order valence-electron chi connectivity index (χ2n) is 7.49. The third-order valence-electron chi connectivity index (χ3n) is 4.93. The molecule has 3 heterocycles. The number of halogens is 1. The Balaban J connectivity index is 1.72. The number of hydrogen-bond acceptors (Lipinski definition) is 5. The van der Waals surface area contributed by atoms with Gasteiger partial charge < -0.3 is 15.0 Å². The van der Waals surface area contributed by atoms with E-state index >= 15 is 0 Å². The van der Waals surface area contributed by atoms with Crippen molar-refractivity contribution < 1.29 is 13.9 Å². The Hall–Kier alpha value is -3.49. The van der Waals surface area contributed by atoms with Crippen molar-refractivity contribution in [1.82, 2.24) is 30.0 Å². The lowest BCUT2D eigenvalue weighted by molar-refractivity contribution is 0.188. The number of carbonyl (C=O) groups excluding carboxylic acids is 1. The van der Waals surface area contributed by atoms with E-state index in [0.717, 1.165) is 11.8 Å². The van der Waals surface area contributed by atoms with Gasteiger partial charge in [0, 0.05) is 24.2 Å². The summed E-state index contributed by atoms with van der Waals surface area (Å²) in [6.07, 6.45) is 3.31. The molecule has 1 amide bonds. The van der Waals surface area contributed by atoms with E-state index in [9.17, 15) is 9.18 Å². The van der Waals surface area contributed by atoms with Gasteiger partial charge in [0.25, 0.3) is 0 Å². The van der Waals surface area contributed by atoms with Crippen molar-refractivity contribution in [2.24, 2.45) is 7.05 Å². The number of nitrogens with one attached hydrogen (secondary N) is 2. The number of amides is 1. The number of carbonyl (C=O) groups is 1. The molecule has 4 rings (SSSR count). The predicted molar refractivity (Wildman–Crippen MR) is 107 cm³/mol. The van der Waals surface area contributed by atoms with Crippen molar-refractivity contribution in [3.8, 4) is 17.1 Å². The Morgan fingerprint density at radius 1 is 1.38 bits per heavy atom. The van der Waals surface area contributed by atoms with Crippen molar-refractivity contribution in [1.29, 1.82) is 0 Å². The van der Waals surface area contributed by atoms with Crippen molar-refractivity contribution in [3.63, 3.8) is 0 Å². The van der Waals surface area contributed by atoms with Gasteiger partial charge in [0.05, 0.1) is 11.7 Å². The molecular weight excluding hydrogens is 375 g/mol. The lowest BCUT2D eigenvalue weighted by Crippen LogP contribution is -2.44. The summed E-state index contributed by atoms with van der Waals surface area (Å²) in [5.41, 5.74) is 2.22. The third kappa shape index (κ3) is 3.51. The van der Waals surface area contributed by atoms with Gasteiger partial charge >= 0.3 is 6.09 Å². The first-order chi connectivity index (χ1) is 13.8. The Morgan fingerprint density at radius 3 is 2.93 bits per heavy atom. The van der Waals surface area contributed by atoms with E-state index in [4.69, 9.17) is 4.74 Å². The molecule has 9 heteroatoms.